The molecule has 0 amide bonds. The van der Waals surface area contributed by atoms with Crippen LogP contribution in [-0.2, 0) is 0 Å². The van der Waals surface area contributed by atoms with Gasteiger partial charge in [0.05, 0.1) is 0 Å². The molecule has 0 saturated carbocycles. The van der Waals surface area contributed by atoms with E-state index in [1.165, 1.54) is 179 Å². The van der Waals surface area contributed by atoms with Crippen LogP contribution in [0.1, 0.15) is 0 Å². The highest BCUT2D eigenvalue weighted by Crippen LogP contribution is 2.57. The lowest BCUT2D eigenvalue weighted by molar-refractivity contribution is 0.669. The molecule has 470 valence electrons. The first-order chi connectivity index (χ1) is 50.5. The zero-order valence-corrected chi connectivity index (χ0v) is 57.6. The van der Waals surface area contributed by atoms with E-state index in [0.717, 1.165) is 66.1 Å². The summed E-state index contributed by atoms with van der Waals surface area (Å²) in [5.74, 6) is 0. The lowest BCUT2D eigenvalue weighted by Gasteiger charge is -2.18. The number of furan rings is 2. The maximum Gasteiger partial charge on any atom is 0.136 e. The number of rotatable bonds is 5. The van der Waals surface area contributed by atoms with Crippen LogP contribution in [0.3, 0.4) is 0 Å². The summed E-state index contributed by atoms with van der Waals surface area (Å²) in [6.45, 7) is 0. The molecule has 0 spiro atoms. The minimum atomic E-state index is 0.876. The van der Waals surface area contributed by atoms with Crippen LogP contribution in [0.2, 0.25) is 0 Å². The first-order valence-corrected chi connectivity index (χ1v) is 38.0. The van der Waals surface area contributed by atoms with Crippen molar-refractivity contribution in [3.05, 3.63) is 303 Å². The molecule has 0 fully saturated rings. The van der Waals surface area contributed by atoms with Crippen molar-refractivity contribution >= 4 is 235 Å². The maximum atomic E-state index is 7.10. The Kier molecular flexibility index (Phi) is 11.4. The summed E-state index contributed by atoms with van der Waals surface area (Å²) in [6, 6.07) is 114. The van der Waals surface area contributed by atoms with Gasteiger partial charge in [0, 0.05) is 119 Å². The number of fused-ring (bicyclic) bond motifs is 26. The molecule has 6 heterocycles. The molecule has 0 aliphatic rings. The zero-order chi connectivity index (χ0) is 66.2. The topological polar surface area (TPSA) is 26.3 Å². The Morgan fingerprint density at radius 3 is 1.26 bits per heavy atom. The van der Waals surface area contributed by atoms with Crippen LogP contribution in [0.5, 0.6) is 0 Å². The fourth-order valence-electron chi connectivity index (χ4n) is 17.7. The van der Waals surface area contributed by atoms with Gasteiger partial charge < -0.3 is 8.83 Å². The van der Waals surface area contributed by atoms with Crippen molar-refractivity contribution in [2.75, 3.05) is 0 Å². The predicted molar refractivity (Wildman–Crippen MR) is 445 cm³/mol. The van der Waals surface area contributed by atoms with Gasteiger partial charge in [0.2, 0.25) is 0 Å². The van der Waals surface area contributed by atoms with Crippen LogP contribution >= 0.6 is 45.3 Å². The Balaban J connectivity index is 0.662. The van der Waals surface area contributed by atoms with Crippen LogP contribution in [0.4, 0.5) is 0 Å². The Bertz CT molecular complexity index is 7780. The zero-order valence-electron chi connectivity index (χ0n) is 54.3. The summed E-state index contributed by atoms with van der Waals surface area (Å²) in [7, 11) is 0. The van der Waals surface area contributed by atoms with Crippen molar-refractivity contribution in [3.8, 4) is 55.6 Å². The molecule has 0 aliphatic carbocycles. The average Bonchev–Trinajstić information content (AvgIpc) is 1.41. The van der Waals surface area contributed by atoms with Crippen LogP contribution < -0.4 is 0 Å². The molecule has 102 heavy (non-hydrogen) atoms. The molecular weight excluding hydrogens is 1310 g/mol. The molecule has 24 aromatic rings. The molecule has 6 heteroatoms. The van der Waals surface area contributed by atoms with E-state index in [2.05, 4.69) is 297 Å². The summed E-state index contributed by atoms with van der Waals surface area (Å²) in [6.07, 6.45) is 0. The smallest absolute Gasteiger partial charge is 0.136 e. The number of hydrogen-bond donors (Lipinski definition) is 0. The molecule has 0 atom stereocenters. The Morgan fingerprint density at radius 1 is 0.176 bits per heavy atom. The van der Waals surface area contributed by atoms with Crippen molar-refractivity contribution in [2.45, 2.75) is 0 Å². The average molecular weight is 1360 g/mol. The van der Waals surface area contributed by atoms with Gasteiger partial charge in [0.15, 0.2) is 0 Å². The quantitative estimate of drug-likeness (QED) is 0.161. The third-order valence-corrected chi connectivity index (χ3v) is 26.9. The highest BCUT2D eigenvalue weighted by atomic mass is 32.1. The summed E-state index contributed by atoms with van der Waals surface area (Å²) in [5.41, 5.74) is 15.7. The van der Waals surface area contributed by atoms with E-state index in [4.69, 9.17) is 8.83 Å². The molecule has 6 aromatic heterocycles. The van der Waals surface area contributed by atoms with Gasteiger partial charge in [0.1, 0.15) is 22.3 Å². The lowest BCUT2D eigenvalue weighted by atomic mass is 9.85. The number of benzene rings is 18. The van der Waals surface area contributed by atoms with Crippen LogP contribution in [0.25, 0.3) is 245 Å². The molecule has 2 nitrogen and oxygen atoms in total. The highest BCUT2D eigenvalue weighted by molar-refractivity contribution is 7.30. The number of hydrogen-bond acceptors (Lipinski definition) is 6. The number of thiophene rings is 4. The van der Waals surface area contributed by atoms with Gasteiger partial charge >= 0.3 is 0 Å². The van der Waals surface area contributed by atoms with Gasteiger partial charge in [-0.25, -0.2) is 0 Å². The van der Waals surface area contributed by atoms with Crippen molar-refractivity contribution < 1.29 is 8.83 Å². The van der Waals surface area contributed by atoms with Gasteiger partial charge in [-0.05, 0) is 182 Å². The normalized spacial score (nSPS) is 12.5. The first-order valence-electron chi connectivity index (χ1n) is 34.7. The largest absolute Gasteiger partial charge is 0.456 e. The summed E-state index contributed by atoms with van der Waals surface area (Å²) in [5, 5.41) is 29.9. The van der Waals surface area contributed by atoms with Crippen LogP contribution in [0, 0.1) is 0 Å². The first kappa shape index (κ1) is 55.8. The molecular formula is C96H50O2S4. The molecule has 0 bridgehead atoms. The Labute approximate surface area is 597 Å². The minimum absolute atomic E-state index is 0.876. The highest BCUT2D eigenvalue weighted by Gasteiger charge is 2.28. The monoisotopic (exact) mass is 1360 g/mol. The lowest BCUT2D eigenvalue weighted by Crippen LogP contribution is -1.91. The van der Waals surface area contributed by atoms with E-state index < -0.39 is 0 Å². The van der Waals surface area contributed by atoms with E-state index in [1.807, 2.05) is 51.4 Å². The summed E-state index contributed by atoms with van der Waals surface area (Å²) in [4.78, 5) is 0. The second-order valence-electron chi connectivity index (χ2n) is 27.5. The van der Waals surface area contributed by atoms with Crippen molar-refractivity contribution in [1.29, 1.82) is 0 Å². The third kappa shape index (κ3) is 7.76. The minimum Gasteiger partial charge on any atom is -0.456 e. The van der Waals surface area contributed by atoms with Gasteiger partial charge in [-0.2, -0.15) is 0 Å². The summed E-state index contributed by atoms with van der Waals surface area (Å²) >= 11 is 7.72. The maximum absolute atomic E-state index is 7.10. The van der Waals surface area contributed by atoms with E-state index in [-0.39, 0.29) is 0 Å². The van der Waals surface area contributed by atoms with Crippen molar-refractivity contribution in [3.63, 3.8) is 0 Å². The fourth-order valence-corrected chi connectivity index (χ4v) is 22.9. The Hall–Kier alpha value is -12.0. The predicted octanol–water partition coefficient (Wildman–Crippen LogP) is 30.2. The van der Waals surface area contributed by atoms with E-state index >= 15 is 0 Å². The molecule has 0 unspecified atom stereocenters. The molecule has 24 rings (SSSR count). The molecule has 18 aromatic carbocycles. The SMILES string of the molecule is c1ccc2cc3c(cc2c1)sc1c(-c2c4ccccc4c(-c4ccc5c(c4)oc4ccccc45)c4ccccc24)cc2sc4cc(-c5ccc6c(c5)oc5cc(-c7c8ccccc8c(-c8c9sc%10ccccc%10c9cc9c8sc8c%10ccccc%10ccc98)c8ccccc78)ccc56)ccc4c2c13. The number of para-hydroxylation sites is 1. The van der Waals surface area contributed by atoms with E-state index in [0.29, 0.717) is 0 Å². The second kappa shape index (κ2) is 20.8. The van der Waals surface area contributed by atoms with Gasteiger partial charge in [-0.15, -0.1) is 45.3 Å². The standard InChI is InChI=1S/C96H50O2S4/c1-2-19-53-47-84-76(43-52(53)18-1)91-90-73-42-35-55(48-83(73)99-85(90)50-77(96(91)101-84)88-68-27-9-5-23-64(68)86(65-24-6-10-28-69(65)88)56-36-39-60-59-21-13-15-31-78(59)97-80(60)45-56)54-34-38-61-62-40-37-57(46-81(62)98-79(61)44-54)87-66-25-7-11-29-70(66)89(71-30-12-8-26-67(71)87)92-94-74(63-22-14-16-32-82(63)100-94)49-75-72-41-33-51-17-3-4-20-58(51)93(72)102-95(75)92/h1-50H. The fraction of sp³-hybridized carbons (Fsp3) is 0. The second-order valence-corrected chi connectivity index (χ2v) is 31.7. The Morgan fingerprint density at radius 2 is 0.618 bits per heavy atom. The van der Waals surface area contributed by atoms with Crippen LogP contribution in [0.15, 0.2) is 312 Å². The van der Waals surface area contributed by atoms with E-state index in [1.54, 1.807) is 0 Å². The van der Waals surface area contributed by atoms with Crippen molar-refractivity contribution in [1.82, 2.24) is 0 Å². The van der Waals surface area contributed by atoms with Crippen LogP contribution in [-0.4, -0.2) is 0 Å². The molecule has 0 N–H and O–H groups in total. The van der Waals surface area contributed by atoms with Gasteiger partial charge in [-0.1, -0.05) is 224 Å². The van der Waals surface area contributed by atoms with E-state index in [9.17, 15) is 0 Å². The molecule has 0 aliphatic heterocycles. The molecule has 0 saturated heterocycles. The van der Waals surface area contributed by atoms with Gasteiger partial charge in [-0.3, -0.25) is 0 Å². The summed E-state index contributed by atoms with van der Waals surface area (Å²) < 4.78 is 24.1. The van der Waals surface area contributed by atoms with Gasteiger partial charge in [0.25, 0.3) is 0 Å². The third-order valence-electron chi connectivity index (χ3n) is 22.2. The van der Waals surface area contributed by atoms with Crippen molar-refractivity contribution in [2.24, 2.45) is 0 Å². The molecule has 0 radical (unpaired) electrons.